The van der Waals surface area contributed by atoms with Gasteiger partial charge in [0.25, 0.3) is 0 Å². The molecule has 1 amide bonds. The lowest BCUT2D eigenvalue weighted by Crippen LogP contribution is -2.39. The molecule has 2 N–H and O–H groups in total. The lowest BCUT2D eigenvalue weighted by Gasteiger charge is -2.24. The molecule has 2 aromatic carbocycles. The average Bonchev–Trinajstić information content (AvgIpc) is 3.32. The number of likely N-dealkylation sites (tertiary alicyclic amines) is 1. The standard InChI is InChI=1S/C20H21FN2O/c21-17-9-5-4-8-16(17)20(10-11-20)19(24)23-12-15(18(22)13-23)14-6-2-1-3-7-14/h1-9,15,18H,10-13,22H2/t15-,18+/m0/s1. The number of benzene rings is 2. The average molecular weight is 324 g/mol. The van der Waals surface area contributed by atoms with Crippen LogP contribution in [0.3, 0.4) is 0 Å². The Morgan fingerprint density at radius 1 is 1.04 bits per heavy atom. The van der Waals surface area contributed by atoms with Gasteiger partial charge in [0.1, 0.15) is 5.82 Å². The number of nitrogens with two attached hydrogens (primary N) is 1. The maximum Gasteiger partial charge on any atom is 0.233 e. The lowest BCUT2D eigenvalue weighted by molar-refractivity contribution is -0.133. The molecule has 4 heteroatoms. The fourth-order valence-electron chi connectivity index (χ4n) is 3.92. The Balaban J connectivity index is 1.57. The predicted octanol–water partition coefficient (Wildman–Crippen LogP) is 2.81. The van der Waals surface area contributed by atoms with Crippen LogP contribution in [0.25, 0.3) is 0 Å². The second kappa shape index (κ2) is 5.71. The molecule has 4 rings (SSSR count). The molecule has 2 fully saturated rings. The second-order valence-corrected chi connectivity index (χ2v) is 6.95. The van der Waals surface area contributed by atoms with Gasteiger partial charge in [0.05, 0.1) is 5.41 Å². The largest absolute Gasteiger partial charge is 0.340 e. The van der Waals surface area contributed by atoms with Gasteiger partial charge in [-0.1, -0.05) is 48.5 Å². The van der Waals surface area contributed by atoms with Crippen molar-refractivity contribution >= 4 is 5.91 Å². The van der Waals surface area contributed by atoms with Crippen molar-refractivity contribution in [3.8, 4) is 0 Å². The van der Waals surface area contributed by atoms with E-state index >= 15 is 0 Å². The normalized spacial score (nSPS) is 24.8. The second-order valence-electron chi connectivity index (χ2n) is 6.95. The van der Waals surface area contributed by atoms with E-state index in [0.717, 1.165) is 5.56 Å². The molecule has 1 heterocycles. The van der Waals surface area contributed by atoms with Crippen molar-refractivity contribution in [3.63, 3.8) is 0 Å². The summed E-state index contributed by atoms with van der Waals surface area (Å²) in [4.78, 5) is 14.9. The molecule has 2 atom stereocenters. The van der Waals surface area contributed by atoms with Crippen molar-refractivity contribution in [1.29, 1.82) is 0 Å². The molecule has 2 aromatic rings. The van der Waals surface area contributed by atoms with E-state index in [-0.39, 0.29) is 23.7 Å². The zero-order chi connectivity index (χ0) is 16.7. The Morgan fingerprint density at radius 3 is 2.38 bits per heavy atom. The molecule has 124 valence electrons. The summed E-state index contributed by atoms with van der Waals surface area (Å²) in [5.74, 6) is -0.112. The summed E-state index contributed by atoms with van der Waals surface area (Å²) in [6, 6.07) is 16.6. The van der Waals surface area contributed by atoms with Crippen molar-refractivity contribution in [2.45, 2.75) is 30.2 Å². The highest BCUT2D eigenvalue weighted by Gasteiger charge is 2.55. The van der Waals surface area contributed by atoms with Crippen LogP contribution in [0.1, 0.15) is 29.9 Å². The molecule has 1 aliphatic heterocycles. The molecule has 0 unspecified atom stereocenters. The molecule has 1 saturated carbocycles. The number of carbonyl (C=O) groups is 1. The van der Waals surface area contributed by atoms with E-state index in [9.17, 15) is 9.18 Å². The van der Waals surface area contributed by atoms with E-state index in [1.165, 1.54) is 6.07 Å². The predicted molar refractivity (Wildman–Crippen MR) is 91.1 cm³/mol. The van der Waals surface area contributed by atoms with Crippen LogP contribution in [-0.4, -0.2) is 29.9 Å². The van der Waals surface area contributed by atoms with Crippen LogP contribution >= 0.6 is 0 Å². The van der Waals surface area contributed by atoms with E-state index in [4.69, 9.17) is 5.73 Å². The first-order valence-electron chi connectivity index (χ1n) is 8.47. The number of hydrogen-bond acceptors (Lipinski definition) is 2. The molecule has 3 nitrogen and oxygen atoms in total. The van der Waals surface area contributed by atoms with Crippen molar-refractivity contribution < 1.29 is 9.18 Å². The molecular formula is C20H21FN2O. The highest BCUT2D eigenvalue weighted by atomic mass is 19.1. The zero-order valence-corrected chi connectivity index (χ0v) is 13.5. The van der Waals surface area contributed by atoms with Crippen LogP contribution in [0.15, 0.2) is 54.6 Å². The minimum absolute atomic E-state index is 0.0291. The third-order valence-corrected chi connectivity index (χ3v) is 5.43. The molecule has 2 aliphatic rings. The first-order chi connectivity index (χ1) is 11.6. The van der Waals surface area contributed by atoms with Gasteiger partial charge in [-0.15, -0.1) is 0 Å². The number of nitrogens with zero attached hydrogens (tertiary/aromatic N) is 1. The van der Waals surface area contributed by atoms with Crippen LogP contribution in [0.2, 0.25) is 0 Å². The first-order valence-corrected chi connectivity index (χ1v) is 8.47. The van der Waals surface area contributed by atoms with Gasteiger partial charge in [-0.3, -0.25) is 4.79 Å². The summed E-state index contributed by atoms with van der Waals surface area (Å²) in [5.41, 5.74) is 7.33. The summed E-state index contributed by atoms with van der Waals surface area (Å²) in [6.45, 7) is 1.15. The summed E-state index contributed by atoms with van der Waals surface area (Å²) < 4.78 is 14.2. The van der Waals surface area contributed by atoms with E-state index in [2.05, 4.69) is 12.1 Å². The monoisotopic (exact) mass is 324 g/mol. The molecule has 0 radical (unpaired) electrons. The third-order valence-electron chi connectivity index (χ3n) is 5.43. The van der Waals surface area contributed by atoms with Crippen LogP contribution in [-0.2, 0) is 10.2 Å². The van der Waals surface area contributed by atoms with Gasteiger partial charge in [0.15, 0.2) is 0 Å². The third kappa shape index (κ3) is 2.42. The topological polar surface area (TPSA) is 46.3 Å². The van der Waals surface area contributed by atoms with Crippen LogP contribution in [0.5, 0.6) is 0 Å². The first kappa shape index (κ1) is 15.3. The van der Waals surface area contributed by atoms with Gasteiger partial charge in [-0.25, -0.2) is 4.39 Å². The number of halogens is 1. The van der Waals surface area contributed by atoms with Crippen LogP contribution < -0.4 is 5.73 Å². The molecule has 0 spiro atoms. The Labute approximate surface area is 141 Å². The zero-order valence-electron chi connectivity index (χ0n) is 13.5. The maximum atomic E-state index is 14.2. The van der Waals surface area contributed by atoms with Crippen LogP contribution in [0, 0.1) is 5.82 Å². The summed E-state index contributed by atoms with van der Waals surface area (Å²) in [7, 11) is 0. The Morgan fingerprint density at radius 2 is 1.71 bits per heavy atom. The number of hydrogen-bond donors (Lipinski definition) is 1. The number of carbonyl (C=O) groups excluding carboxylic acids is 1. The van der Waals surface area contributed by atoms with Crippen molar-refractivity contribution in [1.82, 2.24) is 4.90 Å². The SMILES string of the molecule is N[C@@H]1CN(C(=O)C2(c3ccccc3F)CC2)C[C@H]1c1ccccc1. The van der Waals surface area contributed by atoms with Gasteiger partial charge in [-0.2, -0.15) is 0 Å². The fourth-order valence-corrected chi connectivity index (χ4v) is 3.92. The highest BCUT2D eigenvalue weighted by molar-refractivity contribution is 5.91. The summed E-state index contributed by atoms with van der Waals surface area (Å²) >= 11 is 0. The lowest BCUT2D eigenvalue weighted by atomic mass is 9.93. The number of amides is 1. The minimum atomic E-state index is -0.670. The molecule has 1 aliphatic carbocycles. The summed E-state index contributed by atoms with van der Waals surface area (Å²) in [6.07, 6.45) is 1.43. The smallest absolute Gasteiger partial charge is 0.233 e. The Bertz CT molecular complexity index is 757. The summed E-state index contributed by atoms with van der Waals surface area (Å²) in [5, 5.41) is 0. The molecule has 24 heavy (non-hydrogen) atoms. The number of rotatable bonds is 3. The Kier molecular flexibility index (Phi) is 3.65. The van der Waals surface area contributed by atoms with Crippen molar-refractivity contribution in [3.05, 3.63) is 71.5 Å². The fraction of sp³-hybridized carbons (Fsp3) is 0.350. The minimum Gasteiger partial charge on any atom is -0.340 e. The highest BCUT2D eigenvalue weighted by Crippen LogP contribution is 2.51. The van der Waals surface area contributed by atoms with Gasteiger partial charge in [0, 0.05) is 30.6 Å². The molecule has 1 saturated heterocycles. The van der Waals surface area contributed by atoms with Gasteiger partial charge < -0.3 is 10.6 Å². The van der Waals surface area contributed by atoms with E-state index in [1.807, 2.05) is 23.1 Å². The molecular weight excluding hydrogens is 303 g/mol. The van der Waals surface area contributed by atoms with Gasteiger partial charge >= 0.3 is 0 Å². The van der Waals surface area contributed by atoms with E-state index in [0.29, 0.717) is 31.5 Å². The van der Waals surface area contributed by atoms with Gasteiger partial charge in [-0.05, 0) is 24.5 Å². The van der Waals surface area contributed by atoms with Crippen molar-refractivity contribution in [2.75, 3.05) is 13.1 Å². The van der Waals surface area contributed by atoms with Crippen LogP contribution in [0.4, 0.5) is 4.39 Å². The quantitative estimate of drug-likeness (QED) is 0.944. The molecule has 0 aromatic heterocycles. The van der Waals surface area contributed by atoms with Crippen molar-refractivity contribution in [2.24, 2.45) is 5.73 Å². The molecule has 0 bridgehead atoms. The maximum absolute atomic E-state index is 14.2. The van der Waals surface area contributed by atoms with Gasteiger partial charge in [0.2, 0.25) is 5.91 Å². The van der Waals surface area contributed by atoms with E-state index < -0.39 is 5.41 Å². The Hall–Kier alpha value is -2.20. The van der Waals surface area contributed by atoms with E-state index in [1.54, 1.807) is 18.2 Å².